The third-order valence-corrected chi connectivity index (χ3v) is 6.01. The molecule has 0 spiro atoms. The molecule has 6 rings (SSSR count). The summed E-state index contributed by atoms with van der Waals surface area (Å²) in [7, 11) is 0. The summed E-state index contributed by atoms with van der Waals surface area (Å²) in [5.74, 6) is 1.12. The van der Waals surface area contributed by atoms with Gasteiger partial charge in [-0.1, -0.05) is 18.2 Å². The van der Waals surface area contributed by atoms with Gasteiger partial charge in [0.2, 0.25) is 11.8 Å². The Morgan fingerprint density at radius 2 is 1.84 bits per heavy atom. The molecule has 1 saturated carbocycles. The second-order valence-electron chi connectivity index (χ2n) is 7.83. The van der Waals surface area contributed by atoms with Gasteiger partial charge in [-0.25, -0.2) is 0 Å². The third kappa shape index (κ3) is 2.62. The Morgan fingerprint density at radius 1 is 1.08 bits per heavy atom. The number of benzene rings is 1. The highest BCUT2D eigenvalue weighted by Crippen LogP contribution is 2.38. The predicted octanol–water partition coefficient (Wildman–Crippen LogP) is 2.32. The number of para-hydroxylation sites is 1. The van der Waals surface area contributed by atoms with Crippen molar-refractivity contribution in [2.45, 2.75) is 44.2 Å². The highest BCUT2D eigenvalue weighted by molar-refractivity contribution is 5.89. The zero-order valence-electron chi connectivity index (χ0n) is 14.3. The number of aromatic amines is 1. The van der Waals surface area contributed by atoms with Gasteiger partial charge in [0.15, 0.2) is 0 Å². The number of amides is 2. The van der Waals surface area contributed by atoms with E-state index in [2.05, 4.69) is 16.0 Å². The van der Waals surface area contributed by atoms with Crippen LogP contribution in [0.4, 0.5) is 0 Å². The Morgan fingerprint density at radius 3 is 2.60 bits per heavy atom. The lowest BCUT2D eigenvalue weighted by Crippen LogP contribution is -2.70. The van der Waals surface area contributed by atoms with E-state index in [0.29, 0.717) is 31.3 Å². The topological polar surface area (TPSA) is 56.4 Å². The third-order valence-electron chi connectivity index (χ3n) is 6.01. The van der Waals surface area contributed by atoms with Crippen molar-refractivity contribution in [2.24, 2.45) is 5.92 Å². The van der Waals surface area contributed by atoms with E-state index in [1.807, 2.05) is 29.3 Å². The highest BCUT2D eigenvalue weighted by atomic mass is 16.2. The molecule has 1 aliphatic carbocycles. The minimum absolute atomic E-state index is 0.175. The molecule has 1 aromatic heterocycles. The summed E-state index contributed by atoms with van der Waals surface area (Å²) in [5.41, 5.74) is 2.13. The first-order valence-electron chi connectivity index (χ1n) is 9.33. The van der Waals surface area contributed by atoms with Crippen molar-refractivity contribution >= 4 is 22.7 Å². The van der Waals surface area contributed by atoms with Crippen LogP contribution in [0.1, 0.15) is 31.2 Å². The number of carbonyl (C=O) groups excluding carboxylic acids is 2. The van der Waals surface area contributed by atoms with Gasteiger partial charge in [0.05, 0.1) is 18.5 Å². The fourth-order valence-electron chi connectivity index (χ4n) is 4.45. The van der Waals surface area contributed by atoms with Crippen molar-refractivity contribution in [1.29, 1.82) is 0 Å². The van der Waals surface area contributed by atoms with Crippen molar-refractivity contribution in [1.82, 2.24) is 14.8 Å². The average molecular weight is 337 g/mol. The molecule has 1 aromatic carbocycles. The monoisotopic (exact) mass is 337 g/mol. The van der Waals surface area contributed by atoms with Crippen LogP contribution in [0.5, 0.6) is 0 Å². The molecule has 3 aliphatic heterocycles. The summed E-state index contributed by atoms with van der Waals surface area (Å²) in [6.45, 7) is 1.40. The van der Waals surface area contributed by atoms with Gasteiger partial charge in [-0.3, -0.25) is 9.59 Å². The Bertz CT molecular complexity index is 826. The van der Waals surface area contributed by atoms with E-state index >= 15 is 0 Å². The molecule has 2 amide bonds. The van der Waals surface area contributed by atoms with E-state index in [0.717, 1.165) is 29.3 Å². The van der Waals surface area contributed by atoms with Gasteiger partial charge in [-0.2, -0.15) is 0 Å². The van der Waals surface area contributed by atoms with Crippen molar-refractivity contribution in [3.05, 3.63) is 36.0 Å². The number of hydrogen-bond donors (Lipinski definition) is 1. The van der Waals surface area contributed by atoms with Gasteiger partial charge in [-0.15, -0.1) is 0 Å². The number of nitrogens with one attached hydrogen (secondary N) is 1. The van der Waals surface area contributed by atoms with Crippen molar-refractivity contribution in [2.75, 3.05) is 13.1 Å². The molecule has 0 radical (unpaired) electrons. The summed E-state index contributed by atoms with van der Waals surface area (Å²) >= 11 is 0. The first-order valence-corrected chi connectivity index (χ1v) is 9.33. The van der Waals surface area contributed by atoms with Crippen LogP contribution in [0, 0.1) is 5.92 Å². The number of piperidine rings is 1. The number of aromatic nitrogens is 1. The fraction of sp³-hybridized carbons (Fsp3) is 0.500. The second kappa shape index (κ2) is 5.61. The van der Waals surface area contributed by atoms with Crippen LogP contribution >= 0.6 is 0 Å². The maximum atomic E-state index is 12.7. The maximum absolute atomic E-state index is 12.7. The van der Waals surface area contributed by atoms with Gasteiger partial charge in [0.25, 0.3) is 0 Å². The van der Waals surface area contributed by atoms with E-state index in [-0.39, 0.29) is 18.0 Å². The lowest BCUT2D eigenvalue weighted by Gasteiger charge is -2.56. The van der Waals surface area contributed by atoms with Crippen LogP contribution in [0.2, 0.25) is 0 Å². The van der Waals surface area contributed by atoms with Crippen molar-refractivity contribution in [3.8, 4) is 0 Å². The Labute approximate surface area is 147 Å². The molecule has 5 nitrogen and oxygen atoms in total. The maximum Gasteiger partial charge on any atom is 0.227 e. The Balaban J connectivity index is 1.23. The van der Waals surface area contributed by atoms with Crippen LogP contribution in [-0.2, 0) is 16.0 Å². The smallest absolute Gasteiger partial charge is 0.227 e. The van der Waals surface area contributed by atoms with E-state index in [1.54, 1.807) is 0 Å². The van der Waals surface area contributed by atoms with E-state index < -0.39 is 0 Å². The molecule has 2 bridgehead atoms. The van der Waals surface area contributed by atoms with Gasteiger partial charge in [0, 0.05) is 36.6 Å². The minimum Gasteiger partial charge on any atom is -0.361 e. The molecule has 2 aromatic rings. The van der Waals surface area contributed by atoms with Crippen LogP contribution < -0.4 is 0 Å². The zero-order valence-corrected chi connectivity index (χ0v) is 14.3. The van der Waals surface area contributed by atoms with Crippen LogP contribution in [-0.4, -0.2) is 51.8 Å². The van der Waals surface area contributed by atoms with Crippen LogP contribution in [0.25, 0.3) is 10.9 Å². The first-order chi connectivity index (χ1) is 12.2. The fourth-order valence-corrected chi connectivity index (χ4v) is 4.45. The van der Waals surface area contributed by atoms with Gasteiger partial charge < -0.3 is 14.8 Å². The predicted molar refractivity (Wildman–Crippen MR) is 95.0 cm³/mol. The van der Waals surface area contributed by atoms with Gasteiger partial charge in [0.1, 0.15) is 0 Å². The van der Waals surface area contributed by atoms with E-state index in [1.165, 1.54) is 12.8 Å². The minimum atomic E-state index is 0.175. The number of nitrogens with zero attached hydrogens (tertiary/aromatic N) is 2. The Hall–Kier alpha value is -2.30. The van der Waals surface area contributed by atoms with Crippen molar-refractivity contribution < 1.29 is 9.59 Å². The first kappa shape index (κ1) is 15.0. The standard InChI is InChI=1S/C20H23N3O2/c24-19(8-14-10-21-18-4-2-1-3-17(14)18)22-11-15-9-16(12-22)23(15)20(25)7-13-5-6-13/h1-4,10,13,15-16,21H,5-9,11-12H2. The SMILES string of the molecule is O=C(Cc1c[nH]c2ccccc12)N1CC2CC(C1)N2C(=O)CC1CC1. The van der Waals surface area contributed by atoms with Crippen LogP contribution in [0.15, 0.2) is 30.5 Å². The molecule has 2 unspecified atom stereocenters. The second-order valence-corrected chi connectivity index (χ2v) is 7.83. The molecule has 130 valence electrons. The van der Waals surface area contributed by atoms with Gasteiger partial charge in [-0.05, 0) is 36.8 Å². The molecule has 3 saturated heterocycles. The molecule has 25 heavy (non-hydrogen) atoms. The molecule has 1 N–H and O–H groups in total. The zero-order chi connectivity index (χ0) is 17.0. The average Bonchev–Trinajstić information content (AvgIpc) is 3.33. The summed E-state index contributed by atoms with van der Waals surface area (Å²) < 4.78 is 0. The lowest BCUT2D eigenvalue weighted by molar-refractivity contribution is -0.160. The largest absolute Gasteiger partial charge is 0.361 e. The quantitative estimate of drug-likeness (QED) is 0.931. The number of carbonyl (C=O) groups is 2. The van der Waals surface area contributed by atoms with Crippen molar-refractivity contribution in [3.63, 3.8) is 0 Å². The molecule has 4 heterocycles. The number of fused-ring (bicyclic) bond motifs is 3. The van der Waals surface area contributed by atoms with E-state index in [4.69, 9.17) is 0 Å². The Kier molecular flexibility index (Phi) is 3.37. The number of H-pyrrole nitrogens is 1. The molecule has 5 heteroatoms. The molecular weight excluding hydrogens is 314 g/mol. The molecule has 2 atom stereocenters. The van der Waals surface area contributed by atoms with Crippen LogP contribution in [0.3, 0.4) is 0 Å². The number of hydrogen-bond acceptors (Lipinski definition) is 2. The molecular formula is C20H23N3O2. The normalized spacial score (nSPS) is 25.1. The molecule has 4 aliphatic rings. The summed E-state index contributed by atoms with van der Waals surface area (Å²) in [5, 5.41) is 1.12. The highest BCUT2D eigenvalue weighted by Gasteiger charge is 2.48. The lowest BCUT2D eigenvalue weighted by atomic mass is 9.86. The summed E-state index contributed by atoms with van der Waals surface area (Å²) in [6, 6.07) is 8.58. The van der Waals surface area contributed by atoms with E-state index in [9.17, 15) is 9.59 Å². The number of rotatable bonds is 4. The molecule has 4 fully saturated rings. The number of piperazine rings is 1. The summed E-state index contributed by atoms with van der Waals surface area (Å²) in [4.78, 5) is 32.4. The van der Waals surface area contributed by atoms with Gasteiger partial charge >= 0.3 is 0 Å². The summed E-state index contributed by atoms with van der Waals surface area (Å²) in [6.07, 6.45) is 6.58.